The molecule has 0 fully saturated rings. The second-order valence-electron chi connectivity index (χ2n) is 3.76. The van der Waals surface area contributed by atoms with Crippen molar-refractivity contribution in [2.45, 2.75) is 6.54 Å². The first-order chi connectivity index (χ1) is 8.58. The molecule has 0 saturated heterocycles. The van der Waals surface area contributed by atoms with Crippen LogP contribution in [0, 0.1) is 10.1 Å². The molecule has 0 aliphatic rings. The normalized spacial score (nSPS) is 10.9. The summed E-state index contributed by atoms with van der Waals surface area (Å²) in [6, 6.07) is 4.27. The Labute approximate surface area is 110 Å². The van der Waals surface area contributed by atoms with Gasteiger partial charge in [-0.1, -0.05) is 11.6 Å². The highest BCUT2D eigenvalue weighted by Gasteiger charge is 2.12. The van der Waals surface area contributed by atoms with Crippen LogP contribution in [0.1, 0.15) is 5.56 Å². The molecule has 1 aromatic rings. The van der Waals surface area contributed by atoms with E-state index in [0.717, 1.165) is 5.56 Å². The summed E-state index contributed by atoms with van der Waals surface area (Å²) in [6.45, 7) is 1.20. The van der Waals surface area contributed by atoms with Gasteiger partial charge in [-0.25, -0.2) is 0 Å². The quantitative estimate of drug-likeness (QED) is 0.573. The maximum absolute atomic E-state index is 10.6. The smallest absolute Gasteiger partial charge is 0.270 e. The molecule has 6 nitrogen and oxygen atoms in total. The Hall–Kier alpha value is -1.21. The van der Waals surface area contributed by atoms with E-state index in [-0.39, 0.29) is 18.9 Å². The number of non-ortho nitro benzene ring substituents is 1. The molecular formula is C11H15ClN2O4. The number of nitro benzene ring substituents is 1. The van der Waals surface area contributed by atoms with Gasteiger partial charge in [0.15, 0.2) is 0 Å². The Kier molecular flexibility index (Phi) is 6.00. The van der Waals surface area contributed by atoms with E-state index >= 15 is 0 Å². The Morgan fingerprint density at radius 1 is 1.28 bits per heavy atom. The fraction of sp³-hybridized carbons (Fsp3) is 0.455. The molecule has 18 heavy (non-hydrogen) atoms. The van der Waals surface area contributed by atoms with Crippen molar-refractivity contribution in [2.24, 2.45) is 0 Å². The lowest BCUT2D eigenvalue weighted by Crippen LogP contribution is -2.29. The Morgan fingerprint density at radius 2 is 1.89 bits per heavy atom. The molecule has 1 rings (SSSR count). The number of rotatable bonds is 7. The Morgan fingerprint density at radius 3 is 2.33 bits per heavy atom. The topological polar surface area (TPSA) is 86.8 Å². The summed E-state index contributed by atoms with van der Waals surface area (Å²) in [6.07, 6.45) is 0. The van der Waals surface area contributed by atoms with Gasteiger partial charge in [-0.15, -0.1) is 0 Å². The molecule has 0 radical (unpaired) electrons. The molecule has 100 valence electrons. The Balaban J connectivity index is 2.79. The molecule has 0 bridgehead atoms. The van der Waals surface area contributed by atoms with E-state index in [4.69, 9.17) is 21.8 Å². The standard InChI is InChI=1S/C11H15ClN2O4/c12-11-7-10(14(17)18)2-1-9(11)8-13(3-5-15)4-6-16/h1-2,7,15-16H,3-6,8H2. The van der Waals surface area contributed by atoms with Crippen molar-refractivity contribution in [3.05, 3.63) is 38.9 Å². The predicted octanol–water partition coefficient (Wildman–Crippen LogP) is 1.03. The van der Waals surface area contributed by atoms with Crippen LogP contribution in [0.15, 0.2) is 18.2 Å². The monoisotopic (exact) mass is 274 g/mol. The van der Waals surface area contributed by atoms with Crippen LogP contribution in [0.2, 0.25) is 5.02 Å². The van der Waals surface area contributed by atoms with Gasteiger partial charge in [-0.3, -0.25) is 15.0 Å². The zero-order chi connectivity index (χ0) is 13.5. The minimum atomic E-state index is -0.505. The van der Waals surface area contributed by atoms with Crippen LogP contribution in [0.3, 0.4) is 0 Å². The van der Waals surface area contributed by atoms with E-state index in [9.17, 15) is 10.1 Å². The fourth-order valence-corrected chi connectivity index (χ4v) is 1.81. The number of hydrogen-bond donors (Lipinski definition) is 2. The van der Waals surface area contributed by atoms with Crippen molar-refractivity contribution in [3.8, 4) is 0 Å². The van der Waals surface area contributed by atoms with Crippen molar-refractivity contribution in [2.75, 3.05) is 26.3 Å². The maximum atomic E-state index is 10.6. The number of nitro groups is 1. The lowest BCUT2D eigenvalue weighted by Gasteiger charge is -2.20. The van der Waals surface area contributed by atoms with Gasteiger partial charge in [0, 0.05) is 31.8 Å². The molecule has 0 spiro atoms. The number of aliphatic hydroxyl groups excluding tert-OH is 2. The van der Waals surface area contributed by atoms with Gasteiger partial charge in [0.2, 0.25) is 0 Å². The Bertz CT molecular complexity index is 408. The molecular weight excluding hydrogens is 260 g/mol. The molecule has 0 aliphatic carbocycles. The van der Waals surface area contributed by atoms with Crippen molar-refractivity contribution in [3.63, 3.8) is 0 Å². The van der Waals surface area contributed by atoms with E-state index in [2.05, 4.69) is 0 Å². The molecule has 2 N–H and O–H groups in total. The number of aliphatic hydroxyl groups is 2. The van der Waals surface area contributed by atoms with Gasteiger partial charge < -0.3 is 10.2 Å². The van der Waals surface area contributed by atoms with Crippen molar-refractivity contribution in [1.82, 2.24) is 4.90 Å². The number of benzene rings is 1. The average Bonchev–Trinajstić information content (AvgIpc) is 2.32. The first-order valence-corrected chi connectivity index (χ1v) is 5.83. The largest absolute Gasteiger partial charge is 0.395 e. The summed E-state index contributed by atoms with van der Waals surface area (Å²) in [5, 5.41) is 28.6. The lowest BCUT2D eigenvalue weighted by molar-refractivity contribution is -0.384. The third-order valence-electron chi connectivity index (χ3n) is 2.47. The van der Waals surface area contributed by atoms with Crippen molar-refractivity contribution >= 4 is 17.3 Å². The van der Waals surface area contributed by atoms with E-state index in [0.29, 0.717) is 24.7 Å². The summed E-state index contributed by atoms with van der Waals surface area (Å²) >= 11 is 5.96. The minimum absolute atomic E-state index is 0.0232. The second-order valence-corrected chi connectivity index (χ2v) is 4.16. The zero-order valence-corrected chi connectivity index (χ0v) is 10.5. The van der Waals surface area contributed by atoms with Crippen LogP contribution in [0.4, 0.5) is 5.69 Å². The summed E-state index contributed by atoms with van der Waals surface area (Å²) in [4.78, 5) is 11.9. The van der Waals surface area contributed by atoms with Crippen LogP contribution >= 0.6 is 11.6 Å². The number of hydrogen-bond acceptors (Lipinski definition) is 5. The third kappa shape index (κ3) is 4.23. The second kappa shape index (κ2) is 7.27. The molecule has 0 saturated carbocycles. The first kappa shape index (κ1) is 14.8. The summed E-state index contributed by atoms with van der Waals surface area (Å²) in [7, 11) is 0. The number of halogens is 1. The molecule has 0 amide bonds. The first-order valence-electron chi connectivity index (χ1n) is 5.45. The van der Waals surface area contributed by atoms with Gasteiger partial charge in [0.05, 0.1) is 23.2 Å². The summed E-state index contributed by atoms with van der Waals surface area (Å²) in [5.74, 6) is 0. The van der Waals surface area contributed by atoms with E-state index in [1.165, 1.54) is 12.1 Å². The van der Waals surface area contributed by atoms with Crippen LogP contribution < -0.4 is 0 Å². The summed E-state index contributed by atoms with van der Waals surface area (Å²) in [5.41, 5.74) is 0.670. The van der Waals surface area contributed by atoms with Gasteiger partial charge >= 0.3 is 0 Å². The molecule has 1 aromatic carbocycles. The van der Waals surface area contributed by atoms with E-state index in [1.54, 1.807) is 6.07 Å². The highest BCUT2D eigenvalue weighted by Crippen LogP contribution is 2.23. The fourth-order valence-electron chi connectivity index (χ4n) is 1.57. The van der Waals surface area contributed by atoms with Gasteiger partial charge in [-0.2, -0.15) is 0 Å². The molecule has 0 aliphatic heterocycles. The summed E-state index contributed by atoms with van der Waals surface area (Å²) < 4.78 is 0. The van der Waals surface area contributed by atoms with Gasteiger partial charge in [0.25, 0.3) is 5.69 Å². The molecule has 0 unspecified atom stereocenters. The zero-order valence-electron chi connectivity index (χ0n) is 9.75. The van der Waals surface area contributed by atoms with Crippen LogP contribution in [0.5, 0.6) is 0 Å². The van der Waals surface area contributed by atoms with Crippen LogP contribution in [-0.4, -0.2) is 46.3 Å². The van der Waals surface area contributed by atoms with Crippen molar-refractivity contribution < 1.29 is 15.1 Å². The minimum Gasteiger partial charge on any atom is -0.395 e. The van der Waals surface area contributed by atoms with Gasteiger partial charge in [0.1, 0.15) is 0 Å². The molecule has 0 atom stereocenters. The van der Waals surface area contributed by atoms with Gasteiger partial charge in [-0.05, 0) is 11.6 Å². The molecule has 0 aromatic heterocycles. The average molecular weight is 275 g/mol. The lowest BCUT2D eigenvalue weighted by atomic mass is 10.2. The number of nitrogens with zero attached hydrogens (tertiary/aromatic N) is 2. The van der Waals surface area contributed by atoms with Crippen molar-refractivity contribution in [1.29, 1.82) is 0 Å². The maximum Gasteiger partial charge on any atom is 0.270 e. The molecule has 0 heterocycles. The highest BCUT2D eigenvalue weighted by molar-refractivity contribution is 6.31. The predicted molar refractivity (Wildman–Crippen MR) is 67.6 cm³/mol. The van der Waals surface area contributed by atoms with E-state index in [1.807, 2.05) is 4.90 Å². The molecule has 7 heteroatoms. The van der Waals surface area contributed by atoms with E-state index < -0.39 is 4.92 Å². The van der Waals surface area contributed by atoms with Crippen LogP contribution in [0.25, 0.3) is 0 Å². The SMILES string of the molecule is O=[N+]([O-])c1ccc(CN(CCO)CCO)c(Cl)c1. The third-order valence-corrected chi connectivity index (χ3v) is 2.83. The highest BCUT2D eigenvalue weighted by atomic mass is 35.5. The van der Waals surface area contributed by atoms with Crippen LogP contribution in [-0.2, 0) is 6.54 Å².